The van der Waals surface area contributed by atoms with Gasteiger partial charge in [0.2, 0.25) is 5.91 Å². The third-order valence-electron chi connectivity index (χ3n) is 2.87. The highest BCUT2D eigenvalue weighted by molar-refractivity contribution is 6.02. The predicted octanol–water partition coefficient (Wildman–Crippen LogP) is 2.13. The van der Waals surface area contributed by atoms with Gasteiger partial charge in [-0.25, -0.2) is 0 Å². The quantitative estimate of drug-likeness (QED) is 0.500. The van der Waals surface area contributed by atoms with Gasteiger partial charge in [-0.15, -0.1) is 0 Å². The molecule has 0 fully saturated rings. The minimum absolute atomic E-state index is 0.00968. The topological polar surface area (TPSA) is 105 Å². The summed E-state index contributed by atoms with van der Waals surface area (Å²) >= 11 is 0. The first kappa shape index (κ1) is 15.3. The second-order valence-corrected chi connectivity index (χ2v) is 4.36. The number of aliphatic hydroxyl groups excluding tert-OH is 1. The first-order chi connectivity index (χ1) is 10.6. The van der Waals surface area contributed by atoms with E-state index in [0.717, 1.165) is 0 Å². The van der Waals surface area contributed by atoms with Gasteiger partial charge in [0.15, 0.2) is 0 Å². The van der Waals surface area contributed by atoms with Crippen LogP contribution in [0.4, 0.5) is 11.4 Å². The lowest BCUT2D eigenvalue weighted by Gasteiger charge is -2.06. The van der Waals surface area contributed by atoms with Crippen molar-refractivity contribution in [3.8, 4) is 0 Å². The van der Waals surface area contributed by atoms with Crippen molar-refractivity contribution in [3.05, 3.63) is 70.0 Å². The maximum atomic E-state index is 11.8. The standard InChI is InChI=1S/C15H13N3O4/c19-10-12-7-8-16-9-14(12)17-15(20)6-3-11-1-4-13(5-2-11)18(21)22/h1-9,19H,10H2,(H,17,20)/b6-3+. The molecule has 1 aromatic carbocycles. The van der Waals surface area contributed by atoms with E-state index in [1.807, 2.05) is 0 Å². The molecule has 0 aliphatic carbocycles. The highest BCUT2D eigenvalue weighted by Gasteiger charge is 2.05. The van der Waals surface area contributed by atoms with Gasteiger partial charge in [-0.3, -0.25) is 19.9 Å². The van der Waals surface area contributed by atoms with Crippen LogP contribution in [0.3, 0.4) is 0 Å². The summed E-state index contributed by atoms with van der Waals surface area (Å²) in [4.78, 5) is 25.7. The van der Waals surface area contributed by atoms with E-state index in [1.165, 1.54) is 36.7 Å². The maximum Gasteiger partial charge on any atom is 0.269 e. The summed E-state index contributed by atoms with van der Waals surface area (Å²) in [6.07, 6.45) is 5.81. The molecule has 7 nitrogen and oxygen atoms in total. The van der Waals surface area contributed by atoms with Crippen molar-refractivity contribution in [2.45, 2.75) is 6.61 Å². The first-order valence-electron chi connectivity index (χ1n) is 6.37. The highest BCUT2D eigenvalue weighted by atomic mass is 16.6. The fourth-order valence-corrected chi connectivity index (χ4v) is 1.73. The molecule has 0 spiro atoms. The van der Waals surface area contributed by atoms with E-state index in [9.17, 15) is 14.9 Å². The van der Waals surface area contributed by atoms with Gasteiger partial charge in [0, 0.05) is 30.0 Å². The molecule has 0 bridgehead atoms. The number of nitro benzene ring substituents is 1. The van der Waals surface area contributed by atoms with E-state index in [0.29, 0.717) is 16.8 Å². The minimum Gasteiger partial charge on any atom is -0.392 e. The summed E-state index contributed by atoms with van der Waals surface area (Å²) in [5, 5.41) is 22.3. The molecule has 0 saturated carbocycles. The molecule has 0 aliphatic rings. The van der Waals surface area contributed by atoms with E-state index in [2.05, 4.69) is 10.3 Å². The Morgan fingerprint density at radius 1 is 1.32 bits per heavy atom. The number of aromatic nitrogens is 1. The zero-order chi connectivity index (χ0) is 15.9. The van der Waals surface area contributed by atoms with Crippen molar-refractivity contribution < 1.29 is 14.8 Å². The number of nitrogens with zero attached hydrogens (tertiary/aromatic N) is 2. The lowest BCUT2D eigenvalue weighted by Crippen LogP contribution is -2.10. The average Bonchev–Trinajstić information content (AvgIpc) is 2.54. The summed E-state index contributed by atoms with van der Waals surface area (Å²) in [5.41, 5.74) is 1.65. The third-order valence-corrected chi connectivity index (χ3v) is 2.87. The molecule has 2 rings (SSSR count). The number of hydrogen-bond acceptors (Lipinski definition) is 5. The summed E-state index contributed by atoms with van der Waals surface area (Å²) in [6.45, 7) is -0.204. The van der Waals surface area contributed by atoms with Crippen LogP contribution in [-0.4, -0.2) is 20.9 Å². The fraction of sp³-hybridized carbons (Fsp3) is 0.0667. The van der Waals surface area contributed by atoms with E-state index >= 15 is 0 Å². The number of nitrogens with one attached hydrogen (secondary N) is 1. The van der Waals surface area contributed by atoms with Gasteiger partial charge in [0.25, 0.3) is 5.69 Å². The van der Waals surface area contributed by atoms with E-state index in [-0.39, 0.29) is 18.2 Å². The van der Waals surface area contributed by atoms with Crippen LogP contribution in [0.25, 0.3) is 6.08 Å². The molecule has 0 unspecified atom stereocenters. The Hall–Kier alpha value is -3.06. The minimum atomic E-state index is -0.487. The Labute approximate surface area is 126 Å². The molecule has 22 heavy (non-hydrogen) atoms. The van der Waals surface area contributed by atoms with Gasteiger partial charge in [0.05, 0.1) is 23.4 Å². The van der Waals surface area contributed by atoms with Crippen molar-refractivity contribution in [2.24, 2.45) is 0 Å². The largest absolute Gasteiger partial charge is 0.392 e. The molecule has 1 aromatic heterocycles. The Bertz CT molecular complexity index is 711. The predicted molar refractivity (Wildman–Crippen MR) is 80.9 cm³/mol. The van der Waals surface area contributed by atoms with E-state index in [1.54, 1.807) is 18.2 Å². The summed E-state index contributed by atoms with van der Waals surface area (Å²) in [5.74, 6) is -0.388. The first-order valence-corrected chi connectivity index (χ1v) is 6.37. The monoisotopic (exact) mass is 299 g/mol. The Kier molecular flexibility index (Phi) is 4.94. The van der Waals surface area contributed by atoms with E-state index < -0.39 is 4.92 Å². The Morgan fingerprint density at radius 2 is 2.05 bits per heavy atom. The molecule has 2 aromatic rings. The van der Waals surface area contributed by atoms with Crippen LogP contribution in [0.15, 0.2) is 48.8 Å². The number of carbonyl (C=O) groups excluding carboxylic acids is 1. The molecule has 0 saturated heterocycles. The van der Waals surface area contributed by atoms with Gasteiger partial charge in [-0.05, 0) is 29.8 Å². The lowest BCUT2D eigenvalue weighted by molar-refractivity contribution is -0.384. The molecule has 0 aliphatic heterocycles. The van der Waals surface area contributed by atoms with E-state index in [4.69, 9.17) is 5.11 Å². The number of non-ortho nitro benzene ring substituents is 1. The Morgan fingerprint density at radius 3 is 2.68 bits per heavy atom. The summed E-state index contributed by atoms with van der Waals surface area (Å²) in [6, 6.07) is 7.43. The number of aliphatic hydroxyl groups is 1. The van der Waals surface area contributed by atoms with Crippen LogP contribution in [0.5, 0.6) is 0 Å². The van der Waals surface area contributed by atoms with Crippen LogP contribution in [0.2, 0.25) is 0 Å². The number of carbonyl (C=O) groups is 1. The number of amides is 1. The summed E-state index contributed by atoms with van der Waals surface area (Å²) < 4.78 is 0. The van der Waals surface area contributed by atoms with Gasteiger partial charge in [-0.2, -0.15) is 0 Å². The molecular formula is C15H13N3O4. The number of rotatable bonds is 5. The number of nitro groups is 1. The molecule has 1 amide bonds. The van der Waals surface area contributed by atoms with Gasteiger partial charge < -0.3 is 10.4 Å². The van der Waals surface area contributed by atoms with Crippen LogP contribution in [-0.2, 0) is 11.4 Å². The molecule has 1 heterocycles. The van der Waals surface area contributed by atoms with Gasteiger partial charge in [-0.1, -0.05) is 0 Å². The van der Waals surface area contributed by atoms with Crippen LogP contribution >= 0.6 is 0 Å². The molecular weight excluding hydrogens is 286 g/mol. The third kappa shape index (κ3) is 3.97. The molecule has 0 radical (unpaired) electrons. The van der Waals surface area contributed by atoms with Crippen molar-refractivity contribution in [3.63, 3.8) is 0 Å². The number of anilines is 1. The number of hydrogen-bond donors (Lipinski definition) is 2. The average molecular weight is 299 g/mol. The van der Waals surface area contributed by atoms with Crippen molar-refractivity contribution in [2.75, 3.05) is 5.32 Å². The fourth-order valence-electron chi connectivity index (χ4n) is 1.73. The second-order valence-electron chi connectivity index (χ2n) is 4.36. The van der Waals surface area contributed by atoms with Crippen LogP contribution < -0.4 is 5.32 Å². The van der Waals surface area contributed by atoms with Crippen molar-refractivity contribution in [1.82, 2.24) is 4.98 Å². The zero-order valence-corrected chi connectivity index (χ0v) is 11.5. The van der Waals surface area contributed by atoms with Gasteiger partial charge >= 0.3 is 0 Å². The maximum absolute atomic E-state index is 11.8. The zero-order valence-electron chi connectivity index (χ0n) is 11.5. The SMILES string of the molecule is O=C(/C=C/c1ccc([N+](=O)[O-])cc1)Nc1cnccc1CO. The van der Waals surface area contributed by atoms with Crippen LogP contribution in [0.1, 0.15) is 11.1 Å². The molecule has 112 valence electrons. The normalized spacial score (nSPS) is 10.6. The second kappa shape index (κ2) is 7.09. The smallest absolute Gasteiger partial charge is 0.269 e. The number of benzene rings is 1. The van der Waals surface area contributed by atoms with Crippen molar-refractivity contribution >= 4 is 23.4 Å². The molecule has 7 heteroatoms. The van der Waals surface area contributed by atoms with Crippen molar-refractivity contribution in [1.29, 1.82) is 0 Å². The molecule has 2 N–H and O–H groups in total. The lowest BCUT2D eigenvalue weighted by atomic mass is 10.2. The van der Waals surface area contributed by atoms with Crippen LogP contribution in [0, 0.1) is 10.1 Å². The summed E-state index contributed by atoms with van der Waals surface area (Å²) in [7, 11) is 0. The highest BCUT2D eigenvalue weighted by Crippen LogP contribution is 2.14. The van der Waals surface area contributed by atoms with Gasteiger partial charge in [0.1, 0.15) is 0 Å². The molecule has 0 atom stereocenters. The number of pyridine rings is 1. The Balaban J connectivity index is 2.03.